The lowest BCUT2D eigenvalue weighted by Gasteiger charge is -2.60. The van der Waals surface area contributed by atoms with E-state index in [0.29, 0.717) is 30.3 Å². The maximum atomic E-state index is 12.3. The van der Waals surface area contributed by atoms with E-state index in [9.17, 15) is 9.59 Å². The maximum absolute atomic E-state index is 12.3. The van der Waals surface area contributed by atoms with Gasteiger partial charge in [-0.25, -0.2) is 0 Å². The van der Waals surface area contributed by atoms with Crippen molar-refractivity contribution in [1.82, 2.24) is 9.80 Å². The van der Waals surface area contributed by atoms with Crippen LogP contribution in [-0.2, 0) is 27.8 Å². The molecule has 0 unspecified atom stereocenters. The number of piperidine rings is 1. The normalized spacial score (nSPS) is 27.1. The first-order valence-electron chi connectivity index (χ1n) is 16.9. The number of ketones is 1. The van der Waals surface area contributed by atoms with Crippen molar-refractivity contribution in [3.63, 3.8) is 0 Å². The number of likely N-dealkylation sites (tertiary alicyclic amines) is 1. The van der Waals surface area contributed by atoms with E-state index in [1.165, 1.54) is 62.1 Å². The third-order valence-electron chi connectivity index (χ3n) is 10.8. The highest BCUT2D eigenvalue weighted by Gasteiger charge is 2.66. The number of unbranched alkanes of at least 4 members (excludes halogenated alkanes) is 4. The van der Waals surface area contributed by atoms with Gasteiger partial charge in [-0.1, -0.05) is 62.6 Å². The van der Waals surface area contributed by atoms with Crippen LogP contribution in [0.4, 0.5) is 0 Å². The number of carbonyl (C=O) groups excluding carboxylic acids is 2. The molecule has 6 rings (SSSR count). The summed E-state index contributed by atoms with van der Waals surface area (Å²) in [4.78, 5) is 29.6. The Balaban J connectivity index is 1.23. The lowest BCUT2D eigenvalue weighted by atomic mass is 9.51. The Morgan fingerprint density at radius 1 is 1.00 bits per heavy atom. The van der Waals surface area contributed by atoms with Crippen molar-refractivity contribution < 1.29 is 19.1 Å². The van der Waals surface area contributed by atoms with Gasteiger partial charge in [0.15, 0.2) is 11.5 Å². The lowest BCUT2D eigenvalue weighted by Crippen LogP contribution is -2.69. The van der Waals surface area contributed by atoms with Gasteiger partial charge in [0.25, 0.3) is 0 Å². The Bertz CT molecular complexity index is 1300. The first-order chi connectivity index (χ1) is 20.9. The molecule has 43 heavy (non-hydrogen) atoms. The molecule has 6 nitrogen and oxygen atoms in total. The number of rotatable bonds is 14. The molecule has 1 saturated carbocycles. The summed E-state index contributed by atoms with van der Waals surface area (Å²) < 4.78 is 12.8. The number of Topliss-reactive ketones (excluding diaryl/α,β-unsaturated/α-hetero) is 1. The van der Waals surface area contributed by atoms with Crippen LogP contribution in [-0.4, -0.2) is 65.9 Å². The Labute approximate surface area is 258 Å². The van der Waals surface area contributed by atoms with E-state index < -0.39 is 0 Å². The highest BCUT2D eigenvalue weighted by atomic mass is 16.6. The van der Waals surface area contributed by atoms with Crippen molar-refractivity contribution in [3.05, 3.63) is 59.2 Å². The predicted octanol–water partition coefficient (Wildman–Crippen LogP) is 6.51. The van der Waals surface area contributed by atoms with Gasteiger partial charge in [-0.2, -0.15) is 0 Å². The van der Waals surface area contributed by atoms with Crippen molar-refractivity contribution in [3.8, 4) is 11.5 Å². The van der Waals surface area contributed by atoms with Gasteiger partial charge in [0.05, 0.1) is 6.54 Å². The van der Waals surface area contributed by atoms with Crippen LogP contribution < -0.4 is 9.47 Å². The Kier molecular flexibility index (Phi) is 9.25. The third-order valence-corrected chi connectivity index (χ3v) is 10.8. The molecule has 0 amide bonds. The summed E-state index contributed by atoms with van der Waals surface area (Å²) in [5, 5.41) is 0. The number of carbonyl (C=O) groups is 2. The molecule has 2 fully saturated rings. The molecule has 1 saturated heterocycles. The van der Waals surface area contributed by atoms with Crippen molar-refractivity contribution in [2.24, 2.45) is 5.92 Å². The standard InChI is InChI=1S/C37H50N2O4/c1-4-5-21-38(22-12-7-6-9-13-28-14-10-8-11-15-28)31-18-17-30-32-24-29-16-19-33(42-27(3)41)35-34(29)37(30,36(31)43-35)20-23-39(32)25-26(2)40/h8,10-11,14-16,19,30-32,36H,4-7,9,12-13,17-18,20-25H2,1-3H3/t30-,31+,32+,36-,37-/m0/s1. The summed E-state index contributed by atoms with van der Waals surface area (Å²) in [7, 11) is 0. The maximum Gasteiger partial charge on any atom is 0.308 e. The molecule has 2 bridgehead atoms. The van der Waals surface area contributed by atoms with Gasteiger partial charge >= 0.3 is 5.97 Å². The largest absolute Gasteiger partial charge is 0.484 e. The summed E-state index contributed by atoms with van der Waals surface area (Å²) >= 11 is 0. The first kappa shape index (κ1) is 30.3. The quantitative estimate of drug-likeness (QED) is 0.143. The van der Waals surface area contributed by atoms with Gasteiger partial charge in [-0.15, -0.1) is 0 Å². The van der Waals surface area contributed by atoms with E-state index in [1.54, 1.807) is 6.92 Å². The number of aryl methyl sites for hydroxylation is 1. The minimum atomic E-state index is -0.304. The fourth-order valence-electron chi connectivity index (χ4n) is 9.13. The van der Waals surface area contributed by atoms with E-state index >= 15 is 0 Å². The van der Waals surface area contributed by atoms with Crippen LogP contribution >= 0.6 is 0 Å². The zero-order valence-corrected chi connectivity index (χ0v) is 26.5. The van der Waals surface area contributed by atoms with Crippen molar-refractivity contribution in [2.45, 2.75) is 115 Å². The Morgan fingerprint density at radius 2 is 1.79 bits per heavy atom. The highest BCUT2D eigenvalue weighted by molar-refractivity contribution is 5.78. The molecular weight excluding hydrogens is 536 g/mol. The van der Waals surface area contributed by atoms with Gasteiger partial charge in [0.2, 0.25) is 0 Å². The summed E-state index contributed by atoms with van der Waals surface area (Å²) in [6, 6.07) is 15.6. The van der Waals surface area contributed by atoms with E-state index in [2.05, 4.69) is 53.1 Å². The smallest absolute Gasteiger partial charge is 0.308 e. The minimum Gasteiger partial charge on any atom is -0.484 e. The summed E-state index contributed by atoms with van der Waals surface area (Å²) in [5.41, 5.74) is 4.00. The van der Waals surface area contributed by atoms with Crippen LogP contribution in [0.25, 0.3) is 0 Å². The van der Waals surface area contributed by atoms with Gasteiger partial charge in [-0.05, 0) is 101 Å². The number of esters is 1. The molecular formula is C37H50N2O4. The molecule has 1 spiro atoms. The highest BCUT2D eigenvalue weighted by Crippen LogP contribution is 2.64. The van der Waals surface area contributed by atoms with Crippen LogP contribution in [0.5, 0.6) is 11.5 Å². The van der Waals surface area contributed by atoms with Crippen molar-refractivity contribution >= 4 is 11.8 Å². The van der Waals surface area contributed by atoms with Crippen LogP contribution in [0.1, 0.15) is 95.2 Å². The average Bonchev–Trinajstić information content (AvgIpc) is 3.34. The second-order valence-electron chi connectivity index (χ2n) is 13.6. The van der Waals surface area contributed by atoms with Crippen LogP contribution in [0.2, 0.25) is 0 Å². The monoisotopic (exact) mass is 586 g/mol. The molecule has 2 heterocycles. The Morgan fingerprint density at radius 3 is 2.56 bits per heavy atom. The predicted molar refractivity (Wildman–Crippen MR) is 170 cm³/mol. The number of hydrogen-bond donors (Lipinski definition) is 0. The summed E-state index contributed by atoms with van der Waals surface area (Å²) in [6.07, 6.45) is 12.8. The molecule has 0 radical (unpaired) electrons. The molecule has 2 aliphatic carbocycles. The zero-order chi connectivity index (χ0) is 30.0. The SMILES string of the molecule is CCCCN(CCCCCCc1ccccc1)[C@@H]1CC[C@H]2[C@H]3Cc4ccc(OC(C)=O)c5c4[C@@]2(CCN3CC(C)=O)[C@H]1O5. The number of benzene rings is 2. The lowest BCUT2D eigenvalue weighted by molar-refractivity contribution is -0.132. The number of hydrogen-bond acceptors (Lipinski definition) is 6. The molecule has 2 aromatic rings. The fourth-order valence-corrected chi connectivity index (χ4v) is 9.13. The van der Waals surface area contributed by atoms with Crippen LogP contribution in [0, 0.1) is 5.92 Å². The number of nitrogens with zero attached hydrogens (tertiary/aromatic N) is 2. The second kappa shape index (κ2) is 13.1. The molecule has 0 N–H and O–H groups in total. The van der Waals surface area contributed by atoms with E-state index in [-0.39, 0.29) is 23.3 Å². The summed E-state index contributed by atoms with van der Waals surface area (Å²) in [6.45, 7) is 9.14. The third kappa shape index (κ3) is 5.90. The van der Waals surface area contributed by atoms with Crippen LogP contribution in [0.3, 0.4) is 0 Å². The van der Waals surface area contributed by atoms with E-state index in [4.69, 9.17) is 9.47 Å². The zero-order valence-electron chi connectivity index (χ0n) is 26.5. The molecule has 0 aromatic heterocycles. The summed E-state index contributed by atoms with van der Waals surface area (Å²) in [5.74, 6) is 1.80. The molecule has 5 atom stereocenters. The molecule has 2 aromatic carbocycles. The van der Waals surface area contributed by atoms with Gasteiger partial charge in [0, 0.05) is 30.0 Å². The average molecular weight is 587 g/mol. The van der Waals surface area contributed by atoms with E-state index in [1.807, 2.05) is 6.07 Å². The first-order valence-corrected chi connectivity index (χ1v) is 16.9. The fraction of sp³-hybridized carbons (Fsp3) is 0.622. The van der Waals surface area contributed by atoms with Crippen molar-refractivity contribution in [1.29, 1.82) is 0 Å². The molecule has 2 aliphatic heterocycles. The topological polar surface area (TPSA) is 59.1 Å². The van der Waals surface area contributed by atoms with Gasteiger partial charge in [0.1, 0.15) is 11.9 Å². The molecule has 6 heteroatoms. The van der Waals surface area contributed by atoms with Gasteiger partial charge in [-0.3, -0.25) is 19.4 Å². The van der Waals surface area contributed by atoms with E-state index in [0.717, 1.165) is 57.5 Å². The van der Waals surface area contributed by atoms with Gasteiger partial charge < -0.3 is 9.47 Å². The number of ether oxygens (including phenoxy) is 2. The molecule has 4 aliphatic rings. The second-order valence-corrected chi connectivity index (χ2v) is 13.6. The Hall–Kier alpha value is -2.70. The molecule has 232 valence electrons. The minimum absolute atomic E-state index is 0.0499. The van der Waals surface area contributed by atoms with Crippen LogP contribution in [0.15, 0.2) is 42.5 Å². The van der Waals surface area contributed by atoms with Crippen molar-refractivity contribution in [2.75, 3.05) is 26.2 Å².